The first kappa shape index (κ1) is 19.6. The zero-order valence-corrected chi connectivity index (χ0v) is 16.6. The lowest BCUT2D eigenvalue weighted by Gasteiger charge is -2.40. The summed E-state index contributed by atoms with van der Waals surface area (Å²) in [6, 6.07) is 8.24. The van der Waals surface area contributed by atoms with E-state index in [4.69, 9.17) is 0 Å². The molecule has 27 heavy (non-hydrogen) atoms. The van der Waals surface area contributed by atoms with Gasteiger partial charge in [0.15, 0.2) is 0 Å². The average Bonchev–Trinajstić information content (AvgIpc) is 2.60. The van der Waals surface area contributed by atoms with Gasteiger partial charge in [-0.15, -0.1) is 0 Å². The number of piperidine rings is 1. The van der Waals surface area contributed by atoms with E-state index in [0.717, 1.165) is 57.3 Å². The number of hydrogen-bond donors (Lipinski definition) is 0. The van der Waals surface area contributed by atoms with Crippen molar-refractivity contribution >= 4 is 11.4 Å². The van der Waals surface area contributed by atoms with Crippen molar-refractivity contribution in [3.05, 3.63) is 33.9 Å². The zero-order chi connectivity index (χ0) is 19.6. The van der Waals surface area contributed by atoms with Gasteiger partial charge in [0.2, 0.25) is 0 Å². The molecule has 146 valence electrons. The summed E-state index contributed by atoms with van der Waals surface area (Å²) in [7, 11) is 2.13. The average molecular weight is 370 g/mol. The van der Waals surface area contributed by atoms with E-state index in [-0.39, 0.29) is 10.6 Å². The minimum Gasteiger partial charge on any atom is -0.363 e. The van der Waals surface area contributed by atoms with Crippen LogP contribution < -0.4 is 4.90 Å². The van der Waals surface area contributed by atoms with Gasteiger partial charge in [-0.1, -0.05) is 19.9 Å². The highest BCUT2D eigenvalue weighted by molar-refractivity contribution is 5.66. The molecule has 1 aromatic rings. The Hall–Kier alpha value is -2.13. The number of rotatable bonds is 6. The van der Waals surface area contributed by atoms with Crippen molar-refractivity contribution in [1.82, 2.24) is 4.90 Å². The van der Waals surface area contributed by atoms with Gasteiger partial charge >= 0.3 is 0 Å². The molecule has 1 aliphatic heterocycles. The second-order valence-corrected chi connectivity index (χ2v) is 8.59. The Labute approximate surface area is 161 Å². The molecule has 0 aromatic heterocycles. The van der Waals surface area contributed by atoms with Crippen LogP contribution in [0.4, 0.5) is 11.4 Å². The van der Waals surface area contributed by atoms with Crippen molar-refractivity contribution in [1.29, 1.82) is 5.26 Å². The molecule has 0 amide bonds. The maximum atomic E-state index is 11.9. The van der Waals surface area contributed by atoms with E-state index in [0.29, 0.717) is 17.6 Å². The first-order valence-electron chi connectivity index (χ1n) is 10.0. The first-order chi connectivity index (χ1) is 12.9. The topological polar surface area (TPSA) is 73.4 Å². The number of anilines is 1. The van der Waals surface area contributed by atoms with Gasteiger partial charge in [-0.3, -0.25) is 10.1 Å². The van der Waals surface area contributed by atoms with Crippen molar-refractivity contribution in [3.8, 4) is 6.07 Å². The number of benzene rings is 1. The Bertz CT molecular complexity index is 728. The van der Waals surface area contributed by atoms with Crippen molar-refractivity contribution in [2.75, 3.05) is 31.6 Å². The van der Waals surface area contributed by atoms with Crippen LogP contribution >= 0.6 is 0 Å². The van der Waals surface area contributed by atoms with Crippen LogP contribution in [0.15, 0.2) is 18.2 Å². The molecule has 1 heterocycles. The van der Waals surface area contributed by atoms with Crippen LogP contribution in [0.2, 0.25) is 0 Å². The summed E-state index contributed by atoms with van der Waals surface area (Å²) in [5.74, 6) is 0.418. The van der Waals surface area contributed by atoms with E-state index in [1.807, 2.05) is 12.1 Å². The molecule has 6 nitrogen and oxygen atoms in total. The van der Waals surface area contributed by atoms with Gasteiger partial charge in [0, 0.05) is 18.7 Å². The number of nitriles is 1. The van der Waals surface area contributed by atoms with E-state index < -0.39 is 5.41 Å². The SMILES string of the molecule is CC(C)CN(c1ccc(C2(C#N)CCC2)cc1[N+](=O)[O-])C1CCN(C)CC1. The van der Waals surface area contributed by atoms with Crippen LogP contribution in [-0.4, -0.2) is 42.5 Å². The van der Waals surface area contributed by atoms with Crippen LogP contribution in [0.1, 0.15) is 51.5 Å². The number of nitro benzene ring substituents is 1. The molecule has 6 heteroatoms. The van der Waals surface area contributed by atoms with Gasteiger partial charge in [-0.05, 0) is 69.8 Å². The van der Waals surface area contributed by atoms with E-state index in [1.165, 1.54) is 0 Å². The van der Waals surface area contributed by atoms with E-state index in [2.05, 4.69) is 36.8 Å². The number of likely N-dealkylation sites (tertiary alicyclic amines) is 1. The summed E-state index contributed by atoms with van der Waals surface area (Å²) in [5, 5.41) is 21.5. The maximum absolute atomic E-state index is 11.9. The predicted molar refractivity (Wildman–Crippen MR) is 107 cm³/mol. The third kappa shape index (κ3) is 3.93. The molecule has 0 atom stereocenters. The predicted octanol–water partition coefficient (Wildman–Crippen LogP) is 4.10. The maximum Gasteiger partial charge on any atom is 0.292 e. The highest BCUT2D eigenvalue weighted by atomic mass is 16.6. The lowest BCUT2D eigenvalue weighted by Crippen LogP contribution is -2.45. The van der Waals surface area contributed by atoms with Crippen LogP contribution in [0.5, 0.6) is 0 Å². The van der Waals surface area contributed by atoms with Gasteiger partial charge in [0.1, 0.15) is 5.69 Å². The Morgan fingerprint density at radius 2 is 2.04 bits per heavy atom. The van der Waals surface area contributed by atoms with Gasteiger partial charge in [0.25, 0.3) is 5.69 Å². The van der Waals surface area contributed by atoms with Crippen molar-refractivity contribution in [2.24, 2.45) is 5.92 Å². The molecule has 0 spiro atoms. The molecule has 1 saturated carbocycles. The van der Waals surface area contributed by atoms with Crippen LogP contribution in [0.25, 0.3) is 0 Å². The third-order valence-electron chi connectivity index (χ3n) is 6.15. The van der Waals surface area contributed by atoms with Gasteiger partial charge < -0.3 is 9.80 Å². The number of nitrogens with zero attached hydrogens (tertiary/aromatic N) is 4. The molecule has 1 aromatic carbocycles. The van der Waals surface area contributed by atoms with Crippen LogP contribution in [0, 0.1) is 27.4 Å². The summed E-state index contributed by atoms with van der Waals surface area (Å²) in [6.07, 6.45) is 4.64. The van der Waals surface area contributed by atoms with E-state index in [1.54, 1.807) is 6.07 Å². The normalized spacial score (nSPS) is 20.1. The molecule has 0 radical (unpaired) electrons. The van der Waals surface area contributed by atoms with Crippen LogP contribution in [0.3, 0.4) is 0 Å². The Kier molecular flexibility index (Phi) is 5.71. The fourth-order valence-electron chi connectivity index (χ4n) is 4.35. The van der Waals surface area contributed by atoms with E-state index >= 15 is 0 Å². The second-order valence-electron chi connectivity index (χ2n) is 8.59. The molecular formula is C21H30N4O2. The molecule has 2 fully saturated rings. The molecular weight excluding hydrogens is 340 g/mol. The quantitative estimate of drug-likeness (QED) is 0.557. The summed E-state index contributed by atoms with van der Waals surface area (Å²) in [6.45, 7) is 7.14. The Morgan fingerprint density at radius 1 is 1.37 bits per heavy atom. The summed E-state index contributed by atoms with van der Waals surface area (Å²) >= 11 is 0. The van der Waals surface area contributed by atoms with Crippen molar-refractivity contribution < 1.29 is 4.92 Å². The van der Waals surface area contributed by atoms with Crippen LogP contribution in [-0.2, 0) is 5.41 Å². The second kappa shape index (κ2) is 7.85. The minimum atomic E-state index is -0.528. The third-order valence-corrected chi connectivity index (χ3v) is 6.15. The molecule has 3 rings (SSSR count). The summed E-state index contributed by atoms with van der Waals surface area (Å²) in [5.41, 5.74) is 1.13. The standard InChI is InChI=1S/C21H30N4O2/c1-16(2)14-24(18-7-11-23(3)12-8-18)19-6-5-17(13-20(19)25(26)27)21(15-22)9-4-10-21/h5-6,13,16,18H,4,7-12,14H2,1-3H3. The fourth-order valence-corrected chi connectivity index (χ4v) is 4.35. The molecule has 1 aliphatic carbocycles. The minimum absolute atomic E-state index is 0.147. The molecule has 0 bridgehead atoms. The Morgan fingerprint density at radius 3 is 2.52 bits per heavy atom. The molecule has 0 unspecified atom stereocenters. The van der Waals surface area contributed by atoms with E-state index in [9.17, 15) is 15.4 Å². The monoisotopic (exact) mass is 370 g/mol. The summed E-state index contributed by atoms with van der Waals surface area (Å²) in [4.78, 5) is 16.2. The largest absolute Gasteiger partial charge is 0.363 e. The molecule has 0 N–H and O–H groups in total. The number of nitro groups is 1. The lowest BCUT2D eigenvalue weighted by molar-refractivity contribution is -0.384. The fraction of sp³-hybridized carbons (Fsp3) is 0.667. The Balaban J connectivity index is 1.98. The van der Waals surface area contributed by atoms with Gasteiger partial charge in [-0.25, -0.2) is 0 Å². The highest BCUT2D eigenvalue weighted by Gasteiger charge is 2.40. The lowest BCUT2D eigenvalue weighted by atomic mass is 9.65. The molecule has 2 aliphatic rings. The summed E-state index contributed by atoms with van der Waals surface area (Å²) < 4.78 is 0. The van der Waals surface area contributed by atoms with Gasteiger partial charge in [-0.2, -0.15) is 5.26 Å². The highest BCUT2D eigenvalue weighted by Crippen LogP contribution is 2.45. The first-order valence-corrected chi connectivity index (χ1v) is 10.0. The molecule has 1 saturated heterocycles. The van der Waals surface area contributed by atoms with Gasteiger partial charge in [0.05, 0.1) is 16.4 Å². The number of hydrogen-bond acceptors (Lipinski definition) is 5. The van der Waals surface area contributed by atoms with Crippen molar-refractivity contribution in [3.63, 3.8) is 0 Å². The van der Waals surface area contributed by atoms with Crippen molar-refractivity contribution in [2.45, 2.75) is 57.4 Å². The smallest absolute Gasteiger partial charge is 0.292 e. The zero-order valence-electron chi connectivity index (χ0n) is 16.6.